The van der Waals surface area contributed by atoms with Crippen LogP contribution in [0.3, 0.4) is 0 Å². The summed E-state index contributed by atoms with van der Waals surface area (Å²) >= 11 is 3.68. The molecule has 0 saturated carbocycles. The lowest BCUT2D eigenvalue weighted by molar-refractivity contribution is -0.139. The third-order valence-corrected chi connectivity index (χ3v) is 6.40. The van der Waals surface area contributed by atoms with E-state index in [9.17, 15) is 18.0 Å². The van der Waals surface area contributed by atoms with E-state index in [1.54, 1.807) is 30.0 Å². The van der Waals surface area contributed by atoms with E-state index in [1.807, 2.05) is 48.5 Å². The molecule has 8 heteroatoms. The number of aliphatic carboxylic acids is 1. The van der Waals surface area contributed by atoms with Gasteiger partial charge in [-0.1, -0.05) is 60.7 Å². The van der Waals surface area contributed by atoms with Crippen molar-refractivity contribution < 1.29 is 27.8 Å². The number of hydrogen-bond donors (Lipinski definition) is 1. The average Bonchev–Trinajstić information content (AvgIpc) is 2.81. The molecule has 0 saturated heterocycles. The molecule has 0 aliphatic rings. The highest BCUT2D eigenvalue weighted by Crippen LogP contribution is 2.31. The van der Waals surface area contributed by atoms with Crippen molar-refractivity contribution in [2.75, 3.05) is 12.4 Å². The molecule has 1 N–H and O–H groups in total. The maximum absolute atomic E-state index is 13.6. The van der Waals surface area contributed by atoms with Gasteiger partial charge < -0.3 is 9.84 Å². The summed E-state index contributed by atoms with van der Waals surface area (Å²) in [5.74, 6) is 0.102. The Morgan fingerprint density at radius 1 is 1.00 bits per heavy atom. The van der Waals surface area contributed by atoms with Gasteiger partial charge in [-0.2, -0.15) is 0 Å². The second-order valence-corrected chi connectivity index (χ2v) is 9.18. The molecular weight excluding hydrogens is 564 g/mol. The van der Waals surface area contributed by atoms with Crippen LogP contribution in [-0.4, -0.2) is 29.9 Å². The first kappa shape index (κ1) is 25.2. The molecule has 0 heterocycles. The molecule has 0 radical (unpaired) electrons. The summed E-state index contributed by atoms with van der Waals surface area (Å²) in [7, 11) is 0. The van der Waals surface area contributed by atoms with Crippen LogP contribution in [0.25, 0.3) is 5.57 Å². The van der Waals surface area contributed by atoms with E-state index in [-0.39, 0.29) is 5.56 Å². The van der Waals surface area contributed by atoms with Crippen LogP contribution in [0.5, 0.6) is 5.75 Å². The Kier molecular flexibility index (Phi) is 9.25. The second kappa shape index (κ2) is 12.1. The fourth-order valence-electron chi connectivity index (χ4n) is 3.06. The number of ether oxygens (including phenoxy) is 1. The van der Waals surface area contributed by atoms with E-state index in [0.717, 1.165) is 25.2 Å². The van der Waals surface area contributed by atoms with E-state index in [1.165, 1.54) is 12.1 Å². The van der Waals surface area contributed by atoms with Crippen molar-refractivity contribution in [3.05, 3.63) is 99.1 Å². The summed E-state index contributed by atoms with van der Waals surface area (Å²) < 4.78 is 45.1. The molecule has 33 heavy (non-hydrogen) atoms. The summed E-state index contributed by atoms with van der Waals surface area (Å²) in [5.41, 5.74) is 2.64. The predicted molar refractivity (Wildman–Crippen MR) is 133 cm³/mol. The van der Waals surface area contributed by atoms with E-state index in [2.05, 4.69) is 22.6 Å². The molecule has 1 atom stereocenters. The number of benzene rings is 3. The minimum atomic E-state index is -3.06. The number of carboxylic acid groups (broad SMARTS) is 1. The highest BCUT2D eigenvalue weighted by atomic mass is 127. The van der Waals surface area contributed by atoms with Gasteiger partial charge in [-0.25, -0.2) is 18.0 Å². The van der Waals surface area contributed by atoms with Gasteiger partial charge in [0.1, 0.15) is 5.75 Å². The SMILES string of the molecule is O=C(O)COc1ccc(SCC=C(c2ccccc2)c2ccc(C(F)C(F)F)cc2)cc1I. The van der Waals surface area contributed by atoms with E-state index < -0.39 is 25.2 Å². The molecule has 3 aromatic carbocycles. The smallest absolute Gasteiger partial charge is 0.341 e. The van der Waals surface area contributed by atoms with Crippen LogP contribution in [0.1, 0.15) is 22.9 Å². The number of thioether (sulfide) groups is 1. The largest absolute Gasteiger partial charge is 0.481 e. The van der Waals surface area contributed by atoms with Crippen molar-refractivity contribution in [2.24, 2.45) is 0 Å². The quantitative estimate of drug-likeness (QED) is 0.202. The number of halogens is 4. The Morgan fingerprint density at radius 2 is 1.67 bits per heavy atom. The Balaban J connectivity index is 1.78. The molecular formula is C25H20F3IO3S. The summed E-state index contributed by atoms with van der Waals surface area (Å²) in [6.45, 7) is -0.398. The fourth-order valence-corrected chi connectivity index (χ4v) is 4.75. The Morgan fingerprint density at radius 3 is 2.27 bits per heavy atom. The summed E-state index contributed by atoms with van der Waals surface area (Å²) in [6.07, 6.45) is -3.32. The second-order valence-electron chi connectivity index (χ2n) is 6.93. The van der Waals surface area contributed by atoms with Crippen LogP contribution in [0.4, 0.5) is 13.2 Å². The van der Waals surface area contributed by atoms with Crippen LogP contribution >= 0.6 is 34.4 Å². The highest BCUT2D eigenvalue weighted by molar-refractivity contribution is 14.1. The first-order valence-electron chi connectivity index (χ1n) is 9.90. The average molecular weight is 584 g/mol. The minimum Gasteiger partial charge on any atom is -0.481 e. The first-order chi connectivity index (χ1) is 15.8. The number of alkyl halides is 3. The molecule has 0 fully saturated rings. The normalized spacial score (nSPS) is 12.6. The van der Waals surface area contributed by atoms with Gasteiger partial charge in [0, 0.05) is 10.6 Å². The van der Waals surface area contributed by atoms with Gasteiger partial charge in [0.05, 0.1) is 3.57 Å². The molecule has 3 aromatic rings. The van der Waals surface area contributed by atoms with Crippen molar-refractivity contribution in [1.82, 2.24) is 0 Å². The van der Waals surface area contributed by atoms with Crippen LogP contribution in [0.15, 0.2) is 83.8 Å². The van der Waals surface area contributed by atoms with Crippen molar-refractivity contribution >= 4 is 45.9 Å². The third kappa shape index (κ3) is 7.26. The lowest BCUT2D eigenvalue weighted by atomic mass is 9.96. The third-order valence-electron chi connectivity index (χ3n) is 4.64. The van der Waals surface area contributed by atoms with Gasteiger partial charge in [-0.05, 0) is 63.1 Å². The van der Waals surface area contributed by atoms with Crippen molar-refractivity contribution in [1.29, 1.82) is 0 Å². The zero-order valence-corrected chi connectivity index (χ0v) is 20.2. The van der Waals surface area contributed by atoms with Crippen LogP contribution in [0, 0.1) is 3.57 Å². The van der Waals surface area contributed by atoms with Gasteiger partial charge in [-0.15, -0.1) is 11.8 Å². The highest BCUT2D eigenvalue weighted by Gasteiger charge is 2.21. The van der Waals surface area contributed by atoms with Crippen LogP contribution in [0.2, 0.25) is 0 Å². The molecule has 0 spiro atoms. The van der Waals surface area contributed by atoms with E-state index in [0.29, 0.717) is 11.5 Å². The summed E-state index contributed by atoms with van der Waals surface area (Å²) in [6, 6.07) is 21.3. The zero-order chi connectivity index (χ0) is 23.8. The van der Waals surface area contributed by atoms with Crippen LogP contribution in [-0.2, 0) is 4.79 Å². The molecule has 0 aliphatic carbocycles. The molecule has 0 aromatic heterocycles. The fraction of sp³-hybridized carbons (Fsp3) is 0.160. The molecule has 3 rings (SSSR count). The van der Waals surface area contributed by atoms with Gasteiger partial charge in [-0.3, -0.25) is 0 Å². The maximum Gasteiger partial charge on any atom is 0.341 e. The lowest BCUT2D eigenvalue weighted by Gasteiger charge is -2.12. The standard InChI is InChI=1S/C25H20F3IO3S/c26-24(25(27)28)18-8-6-17(7-9-18)20(16-4-2-1-3-5-16)12-13-33-19-10-11-22(21(29)14-19)32-15-23(30)31/h1-12,14,24-25H,13,15H2,(H,30,31). The Hall–Kier alpha value is -2.46. The van der Waals surface area contributed by atoms with Crippen LogP contribution < -0.4 is 4.74 Å². The van der Waals surface area contributed by atoms with Crippen molar-refractivity contribution in [3.8, 4) is 5.75 Å². The van der Waals surface area contributed by atoms with Gasteiger partial charge >= 0.3 is 5.97 Å². The number of carbonyl (C=O) groups is 1. The minimum absolute atomic E-state index is 0.0460. The molecule has 3 nitrogen and oxygen atoms in total. The zero-order valence-electron chi connectivity index (χ0n) is 17.3. The molecule has 0 amide bonds. The van der Waals surface area contributed by atoms with E-state index >= 15 is 0 Å². The molecule has 0 aliphatic heterocycles. The van der Waals surface area contributed by atoms with Gasteiger partial charge in [0.2, 0.25) is 0 Å². The van der Waals surface area contributed by atoms with Crippen molar-refractivity contribution in [2.45, 2.75) is 17.5 Å². The molecule has 172 valence electrons. The van der Waals surface area contributed by atoms with Crippen molar-refractivity contribution in [3.63, 3.8) is 0 Å². The summed E-state index contributed by atoms with van der Waals surface area (Å²) in [5, 5.41) is 8.75. The Labute approximate surface area is 207 Å². The number of carboxylic acids is 1. The first-order valence-corrected chi connectivity index (χ1v) is 12.0. The number of hydrogen-bond acceptors (Lipinski definition) is 3. The van der Waals surface area contributed by atoms with Gasteiger partial charge in [0.15, 0.2) is 12.8 Å². The Bertz CT molecular complexity index is 1110. The maximum atomic E-state index is 13.6. The number of rotatable bonds is 10. The topological polar surface area (TPSA) is 46.5 Å². The monoisotopic (exact) mass is 584 g/mol. The van der Waals surface area contributed by atoms with Gasteiger partial charge in [0.25, 0.3) is 6.43 Å². The molecule has 0 bridgehead atoms. The summed E-state index contributed by atoms with van der Waals surface area (Å²) in [4.78, 5) is 11.7. The lowest BCUT2D eigenvalue weighted by Crippen LogP contribution is -2.10. The van der Waals surface area contributed by atoms with E-state index in [4.69, 9.17) is 9.84 Å². The molecule has 1 unspecified atom stereocenters. The predicted octanol–water partition coefficient (Wildman–Crippen LogP) is 7.25.